The molecule has 4 nitrogen and oxygen atoms in total. The fourth-order valence-electron chi connectivity index (χ4n) is 2.42. The summed E-state index contributed by atoms with van der Waals surface area (Å²) in [5, 5.41) is 3.88. The van der Waals surface area contributed by atoms with Crippen molar-refractivity contribution < 1.29 is 4.79 Å². The average molecular weight is 369 g/mol. The number of aryl methyl sites for hydroxylation is 1. The summed E-state index contributed by atoms with van der Waals surface area (Å²) in [5.41, 5.74) is 3.06. The molecule has 0 aliphatic carbocycles. The molecule has 2 heterocycles. The van der Waals surface area contributed by atoms with Crippen LogP contribution in [0.1, 0.15) is 47.1 Å². The number of carbonyl (C=O) groups is 1. The second-order valence-corrected chi connectivity index (χ2v) is 5.12. The molecule has 4 heteroatoms. The molecule has 0 saturated carbocycles. The number of benzene rings is 2. The molecule has 1 aliphatic rings. The Balaban J connectivity index is 0.000000411. The van der Waals surface area contributed by atoms with Gasteiger partial charge in [0.15, 0.2) is 0 Å². The molecule has 0 fully saturated rings. The maximum Gasteiger partial charge on any atom is 0.248 e. The fraction of sp³-hybridized carbons (Fsp3) is 0.304. The van der Waals surface area contributed by atoms with E-state index in [1.165, 1.54) is 11.6 Å². The van der Waals surface area contributed by atoms with Crippen LogP contribution in [0, 0.1) is 0 Å². The highest BCUT2D eigenvalue weighted by Crippen LogP contribution is 2.20. The maximum atomic E-state index is 10.9. The van der Waals surface area contributed by atoms with Gasteiger partial charge in [-0.3, -0.25) is 9.59 Å². The molecule has 2 N–H and O–H groups in total. The molecule has 0 radical (unpaired) electrons. The molecular weight excluding hydrogens is 336 g/mol. The van der Waals surface area contributed by atoms with Crippen LogP contribution in [0.3, 0.4) is 0 Å². The Morgan fingerprint density at radius 2 is 1.37 bits per heavy atom. The number of hydrogen-bond donors (Lipinski definition) is 2. The lowest BCUT2D eigenvalue weighted by atomic mass is 10.0. The van der Waals surface area contributed by atoms with E-state index in [9.17, 15) is 9.59 Å². The molecule has 2 aromatic carbocycles. The normalized spacial score (nSPS) is 10.9. The maximum absolute atomic E-state index is 10.9. The first-order valence-electron chi connectivity index (χ1n) is 9.18. The van der Waals surface area contributed by atoms with Crippen molar-refractivity contribution in [2.75, 3.05) is 5.32 Å². The van der Waals surface area contributed by atoms with E-state index < -0.39 is 0 Å². The van der Waals surface area contributed by atoms with Crippen molar-refractivity contribution in [3.8, 4) is 0 Å². The first kappa shape index (κ1) is 24.1. The molecule has 0 unspecified atom stereocenters. The van der Waals surface area contributed by atoms with Crippen LogP contribution in [0.25, 0.3) is 10.9 Å². The van der Waals surface area contributed by atoms with E-state index in [0.717, 1.165) is 23.0 Å². The van der Waals surface area contributed by atoms with Gasteiger partial charge in [-0.15, -0.1) is 0 Å². The van der Waals surface area contributed by atoms with Crippen LogP contribution in [-0.4, -0.2) is 10.9 Å². The van der Waals surface area contributed by atoms with Gasteiger partial charge in [-0.1, -0.05) is 71.5 Å². The number of amides is 1. The quantitative estimate of drug-likeness (QED) is 0.528. The lowest BCUT2D eigenvalue weighted by Gasteiger charge is -2.15. The van der Waals surface area contributed by atoms with Gasteiger partial charge < -0.3 is 10.3 Å². The molecule has 4 rings (SSSR count). The summed E-state index contributed by atoms with van der Waals surface area (Å²) in [4.78, 5) is 24.5. The lowest BCUT2D eigenvalue weighted by molar-refractivity contribution is -0.116. The van der Waals surface area contributed by atoms with Crippen molar-refractivity contribution in [2.45, 2.75) is 48.0 Å². The van der Waals surface area contributed by atoms with Gasteiger partial charge in [-0.05, 0) is 35.6 Å². The minimum atomic E-state index is -0.0521. The number of hydrogen-bond acceptors (Lipinski definition) is 2. The number of anilines is 1. The van der Waals surface area contributed by atoms with Crippen molar-refractivity contribution in [1.82, 2.24) is 4.98 Å². The fourth-order valence-corrected chi connectivity index (χ4v) is 2.42. The molecule has 1 aliphatic heterocycles. The van der Waals surface area contributed by atoms with Crippen LogP contribution in [0.15, 0.2) is 65.5 Å². The van der Waals surface area contributed by atoms with Crippen molar-refractivity contribution in [3.05, 3.63) is 76.6 Å². The largest absolute Gasteiger partial charge is 0.326 e. The number of para-hydroxylation sites is 2. The van der Waals surface area contributed by atoms with Crippen LogP contribution >= 0.6 is 0 Å². The second-order valence-electron chi connectivity index (χ2n) is 5.12. The summed E-state index contributed by atoms with van der Waals surface area (Å²) in [5.74, 6) is 0.128. The number of carbonyl (C=O) groups excluding carboxylic acids is 1. The monoisotopic (exact) mass is 368 g/mol. The minimum absolute atomic E-state index is 0. The summed E-state index contributed by atoms with van der Waals surface area (Å²) >= 11 is 0. The summed E-state index contributed by atoms with van der Waals surface area (Å²) in [7, 11) is 0. The van der Waals surface area contributed by atoms with Gasteiger partial charge in [-0.25, -0.2) is 0 Å². The van der Waals surface area contributed by atoms with E-state index in [4.69, 9.17) is 0 Å². The Kier molecular flexibility index (Phi) is 11.9. The van der Waals surface area contributed by atoms with Gasteiger partial charge >= 0.3 is 0 Å². The number of aromatic nitrogens is 1. The SMILES string of the molecule is C.CC.CC.O=C1CCc2ccccc2N1.O=c1ccc2ccccc2[nH]1. The molecule has 1 aromatic heterocycles. The van der Waals surface area contributed by atoms with E-state index in [1.54, 1.807) is 0 Å². The van der Waals surface area contributed by atoms with Gasteiger partial charge in [-0.2, -0.15) is 0 Å². The first-order chi connectivity index (χ1) is 12.7. The molecule has 146 valence electrons. The summed E-state index contributed by atoms with van der Waals surface area (Å²) < 4.78 is 0. The van der Waals surface area contributed by atoms with Gasteiger partial charge in [0.05, 0.1) is 0 Å². The van der Waals surface area contributed by atoms with Crippen molar-refractivity contribution in [1.29, 1.82) is 0 Å². The summed E-state index contributed by atoms with van der Waals surface area (Å²) in [6.07, 6.45) is 1.50. The van der Waals surface area contributed by atoms with Crippen molar-refractivity contribution in [2.24, 2.45) is 0 Å². The van der Waals surface area contributed by atoms with E-state index in [1.807, 2.05) is 76.2 Å². The zero-order chi connectivity index (χ0) is 19.4. The molecule has 0 spiro atoms. The van der Waals surface area contributed by atoms with Crippen LogP contribution in [0.2, 0.25) is 0 Å². The Bertz CT molecular complexity index is 869. The first-order valence-corrected chi connectivity index (χ1v) is 9.18. The standard InChI is InChI=1S/C9H9NO.C9H7NO.2C2H6.CH4/c2*11-9-6-5-7-3-1-2-4-8(7)10-9;2*1-2;/h1-4H,5-6H2,(H,10,11);1-6H,(H,10,11);2*1-2H3;1H4. The predicted molar refractivity (Wildman–Crippen MR) is 117 cm³/mol. The number of H-pyrrole nitrogens is 1. The van der Waals surface area contributed by atoms with Crippen molar-refractivity contribution >= 4 is 22.5 Å². The Labute approximate surface area is 162 Å². The van der Waals surface area contributed by atoms with Crippen LogP contribution in [0.5, 0.6) is 0 Å². The molecule has 0 saturated heterocycles. The second kappa shape index (κ2) is 13.3. The highest BCUT2D eigenvalue weighted by atomic mass is 16.1. The van der Waals surface area contributed by atoms with E-state index in [-0.39, 0.29) is 18.9 Å². The Hall–Kier alpha value is -2.88. The third kappa shape index (κ3) is 7.48. The average Bonchev–Trinajstić information content (AvgIpc) is 2.71. The summed E-state index contributed by atoms with van der Waals surface area (Å²) in [6.45, 7) is 8.00. The Morgan fingerprint density at radius 1 is 0.741 bits per heavy atom. The predicted octanol–water partition coefficient (Wildman–Crippen LogP) is 5.79. The minimum Gasteiger partial charge on any atom is -0.326 e. The molecule has 1 amide bonds. The van der Waals surface area contributed by atoms with Gasteiger partial charge in [0.25, 0.3) is 0 Å². The van der Waals surface area contributed by atoms with Gasteiger partial charge in [0.2, 0.25) is 11.5 Å². The zero-order valence-electron chi connectivity index (χ0n) is 16.0. The Morgan fingerprint density at radius 3 is 2.11 bits per heavy atom. The number of pyridine rings is 1. The van der Waals surface area contributed by atoms with Crippen LogP contribution in [0.4, 0.5) is 5.69 Å². The molecular formula is C23H32N2O2. The lowest BCUT2D eigenvalue weighted by Crippen LogP contribution is -2.18. The van der Waals surface area contributed by atoms with Gasteiger partial charge in [0.1, 0.15) is 0 Å². The van der Waals surface area contributed by atoms with Crippen LogP contribution in [-0.2, 0) is 11.2 Å². The molecule has 3 aromatic rings. The molecule has 0 bridgehead atoms. The highest BCUT2D eigenvalue weighted by molar-refractivity contribution is 5.93. The van der Waals surface area contributed by atoms with E-state index >= 15 is 0 Å². The third-order valence-corrected chi connectivity index (χ3v) is 3.55. The highest BCUT2D eigenvalue weighted by Gasteiger charge is 2.12. The number of rotatable bonds is 0. The topological polar surface area (TPSA) is 62.0 Å². The molecule has 0 atom stereocenters. The summed E-state index contributed by atoms with van der Waals surface area (Å²) in [6, 6.07) is 19.0. The number of fused-ring (bicyclic) bond motifs is 2. The number of nitrogens with one attached hydrogen (secondary N) is 2. The number of aromatic amines is 1. The van der Waals surface area contributed by atoms with E-state index in [0.29, 0.717) is 6.42 Å². The van der Waals surface area contributed by atoms with Gasteiger partial charge in [0, 0.05) is 23.7 Å². The van der Waals surface area contributed by atoms with Crippen molar-refractivity contribution in [3.63, 3.8) is 0 Å². The smallest absolute Gasteiger partial charge is 0.248 e. The van der Waals surface area contributed by atoms with Crippen LogP contribution < -0.4 is 10.9 Å². The third-order valence-electron chi connectivity index (χ3n) is 3.55. The molecule has 27 heavy (non-hydrogen) atoms. The van der Waals surface area contributed by atoms with E-state index in [2.05, 4.69) is 16.4 Å². The zero-order valence-corrected chi connectivity index (χ0v) is 16.0.